The molecule has 6 aromatic rings. The van der Waals surface area contributed by atoms with E-state index in [0.717, 1.165) is 44.3 Å². The SMILES string of the molecule is CC(C)NC(=O)Nc1ccc2cc(-c3ccc(Oc4ccc(-c5cc6ccc(C(=O)NC(C)C)cc6[nH]5)c(Cl)c4)cc3)[nH]c2c1. The van der Waals surface area contributed by atoms with Gasteiger partial charge in [0.15, 0.2) is 0 Å². The molecule has 5 N–H and O–H groups in total. The molecule has 228 valence electrons. The highest BCUT2D eigenvalue weighted by Crippen LogP contribution is 2.35. The van der Waals surface area contributed by atoms with Crippen molar-refractivity contribution < 1.29 is 14.3 Å². The molecule has 0 aliphatic carbocycles. The Morgan fingerprint density at radius 3 is 2.04 bits per heavy atom. The lowest BCUT2D eigenvalue weighted by Crippen LogP contribution is -2.34. The zero-order valence-corrected chi connectivity index (χ0v) is 26.2. The molecular weight excluding hydrogens is 586 g/mol. The molecule has 0 atom stereocenters. The number of H-pyrrole nitrogens is 2. The second-order valence-corrected chi connectivity index (χ2v) is 12.0. The molecular formula is C36H34ClN5O3. The maximum absolute atomic E-state index is 12.4. The summed E-state index contributed by atoms with van der Waals surface area (Å²) in [7, 11) is 0. The van der Waals surface area contributed by atoms with E-state index in [1.165, 1.54) is 0 Å². The van der Waals surface area contributed by atoms with Gasteiger partial charge in [-0.1, -0.05) is 23.7 Å². The third-order valence-corrected chi connectivity index (χ3v) is 7.55. The number of rotatable bonds is 8. The number of carbonyl (C=O) groups excluding carboxylic acids is 2. The first-order valence-corrected chi connectivity index (χ1v) is 15.2. The average molecular weight is 620 g/mol. The Labute approximate surface area is 266 Å². The molecule has 45 heavy (non-hydrogen) atoms. The molecule has 0 saturated carbocycles. The van der Waals surface area contributed by atoms with Crippen LogP contribution in [-0.2, 0) is 0 Å². The standard InChI is InChI=1S/C36H34ClN5O3/c1-20(2)38-35(43)25-6-5-23-16-34(42-32(23)17-25)29-14-13-28(19-30(29)37)45-27-11-8-22(9-12-27)31-15-24-7-10-26(18-33(24)41-31)40-36(44)39-21(3)4/h5-21,41-42H,1-4H3,(H,38,43)(H2,39,40,44). The maximum atomic E-state index is 12.4. The summed E-state index contributed by atoms with van der Waals surface area (Å²) in [6.45, 7) is 7.71. The van der Waals surface area contributed by atoms with Gasteiger partial charge in [0.25, 0.3) is 5.91 Å². The molecule has 0 radical (unpaired) electrons. The van der Waals surface area contributed by atoms with E-state index in [0.29, 0.717) is 27.8 Å². The predicted molar refractivity (Wildman–Crippen MR) is 182 cm³/mol. The van der Waals surface area contributed by atoms with Gasteiger partial charge in [-0.15, -0.1) is 0 Å². The fourth-order valence-electron chi connectivity index (χ4n) is 5.16. The summed E-state index contributed by atoms with van der Waals surface area (Å²) >= 11 is 6.71. The molecule has 0 spiro atoms. The maximum Gasteiger partial charge on any atom is 0.319 e. The van der Waals surface area contributed by atoms with Crippen molar-refractivity contribution in [3.8, 4) is 34.0 Å². The largest absolute Gasteiger partial charge is 0.457 e. The van der Waals surface area contributed by atoms with E-state index < -0.39 is 0 Å². The number of hydrogen-bond acceptors (Lipinski definition) is 3. The molecule has 0 aliphatic heterocycles. The number of fused-ring (bicyclic) bond motifs is 2. The fraction of sp³-hybridized carbons (Fsp3) is 0.167. The summed E-state index contributed by atoms with van der Waals surface area (Å²) in [4.78, 5) is 31.3. The Bertz CT molecular complexity index is 2020. The normalized spacial score (nSPS) is 11.4. The first-order valence-electron chi connectivity index (χ1n) is 14.8. The van der Waals surface area contributed by atoms with Crippen molar-refractivity contribution in [3.05, 3.63) is 102 Å². The van der Waals surface area contributed by atoms with Crippen LogP contribution in [0.4, 0.5) is 10.5 Å². The molecule has 4 aromatic carbocycles. The van der Waals surface area contributed by atoms with E-state index in [2.05, 4.69) is 32.0 Å². The van der Waals surface area contributed by atoms with Gasteiger partial charge >= 0.3 is 6.03 Å². The van der Waals surface area contributed by atoms with Crippen LogP contribution in [0.3, 0.4) is 0 Å². The van der Waals surface area contributed by atoms with Gasteiger partial charge in [0, 0.05) is 68.2 Å². The Hall–Kier alpha value is -5.21. The zero-order chi connectivity index (χ0) is 31.7. The summed E-state index contributed by atoms with van der Waals surface area (Å²) in [6, 6.07) is 28.8. The van der Waals surface area contributed by atoms with E-state index in [1.54, 1.807) is 6.07 Å². The van der Waals surface area contributed by atoms with Crippen molar-refractivity contribution >= 4 is 51.0 Å². The first kappa shape index (κ1) is 29.8. The smallest absolute Gasteiger partial charge is 0.319 e. The van der Waals surface area contributed by atoms with Gasteiger partial charge in [-0.3, -0.25) is 4.79 Å². The van der Waals surface area contributed by atoms with Crippen molar-refractivity contribution in [2.24, 2.45) is 0 Å². The van der Waals surface area contributed by atoms with Gasteiger partial charge in [-0.25, -0.2) is 4.79 Å². The van der Waals surface area contributed by atoms with Crippen LogP contribution in [0.2, 0.25) is 5.02 Å². The van der Waals surface area contributed by atoms with Crippen LogP contribution >= 0.6 is 11.6 Å². The van der Waals surface area contributed by atoms with E-state index in [1.807, 2.05) is 107 Å². The minimum atomic E-state index is -0.233. The molecule has 2 aromatic heterocycles. The summed E-state index contributed by atoms with van der Waals surface area (Å²) in [5.74, 6) is 1.19. The number of anilines is 1. The lowest BCUT2D eigenvalue weighted by atomic mass is 10.1. The second-order valence-electron chi connectivity index (χ2n) is 11.6. The molecule has 3 amide bonds. The summed E-state index contributed by atoms with van der Waals surface area (Å²) in [5, 5.41) is 11.2. The monoisotopic (exact) mass is 619 g/mol. The van der Waals surface area contributed by atoms with Gasteiger partial charge < -0.3 is 30.7 Å². The highest BCUT2D eigenvalue weighted by Gasteiger charge is 2.13. The molecule has 0 bridgehead atoms. The third-order valence-electron chi connectivity index (χ3n) is 7.24. The van der Waals surface area contributed by atoms with Crippen LogP contribution in [0, 0.1) is 0 Å². The highest BCUT2D eigenvalue weighted by atomic mass is 35.5. The number of aromatic amines is 2. The predicted octanol–water partition coefficient (Wildman–Crippen LogP) is 9.10. The van der Waals surface area contributed by atoms with E-state index in [9.17, 15) is 9.59 Å². The number of carbonyl (C=O) groups is 2. The lowest BCUT2D eigenvalue weighted by molar-refractivity contribution is 0.0943. The second kappa shape index (κ2) is 12.4. The topological polar surface area (TPSA) is 111 Å². The van der Waals surface area contributed by atoms with Crippen molar-refractivity contribution in [1.29, 1.82) is 0 Å². The summed E-state index contributed by atoms with van der Waals surface area (Å²) in [5.41, 5.74) is 6.75. The zero-order valence-electron chi connectivity index (χ0n) is 25.4. The van der Waals surface area contributed by atoms with E-state index in [-0.39, 0.29) is 24.0 Å². The number of hydrogen-bond donors (Lipinski definition) is 5. The van der Waals surface area contributed by atoms with Crippen LogP contribution in [-0.4, -0.2) is 34.0 Å². The van der Waals surface area contributed by atoms with Crippen LogP contribution in [0.15, 0.2) is 91.0 Å². The molecule has 9 heteroatoms. The first-order chi connectivity index (χ1) is 21.6. The molecule has 0 fully saturated rings. The number of aromatic nitrogens is 2. The summed E-state index contributed by atoms with van der Waals surface area (Å²) in [6.07, 6.45) is 0. The molecule has 0 unspecified atom stereocenters. The van der Waals surface area contributed by atoms with Crippen LogP contribution in [0.1, 0.15) is 38.1 Å². The van der Waals surface area contributed by atoms with E-state index in [4.69, 9.17) is 16.3 Å². The van der Waals surface area contributed by atoms with Crippen molar-refractivity contribution in [2.45, 2.75) is 39.8 Å². The minimum Gasteiger partial charge on any atom is -0.457 e. The number of amides is 3. The molecule has 0 saturated heterocycles. The number of benzene rings is 4. The van der Waals surface area contributed by atoms with Gasteiger partial charge in [0.1, 0.15) is 11.5 Å². The third kappa shape index (κ3) is 6.81. The van der Waals surface area contributed by atoms with Gasteiger partial charge in [-0.05, 0) is 106 Å². The summed E-state index contributed by atoms with van der Waals surface area (Å²) < 4.78 is 6.12. The van der Waals surface area contributed by atoms with Crippen molar-refractivity contribution in [2.75, 3.05) is 5.32 Å². The quantitative estimate of drug-likeness (QED) is 0.117. The van der Waals surface area contributed by atoms with E-state index >= 15 is 0 Å². The molecule has 6 rings (SSSR count). The van der Waals surface area contributed by atoms with Crippen molar-refractivity contribution in [1.82, 2.24) is 20.6 Å². The Kier molecular flexibility index (Phi) is 8.24. The highest BCUT2D eigenvalue weighted by molar-refractivity contribution is 6.33. The number of urea groups is 1. The fourth-order valence-corrected chi connectivity index (χ4v) is 5.44. The molecule has 2 heterocycles. The van der Waals surface area contributed by atoms with Gasteiger partial charge in [0.05, 0.1) is 5.02 Å². The Morgan fingerprint density at radius 1 is 0.689 bits per heavy atom. The Balaban J connectivity index is 1.14. The molecule has 0 aliphatic rings. The van der Waals surface area contributed by atoms with Crippen LogP contribution in [0.5, 0.6) is 11.5 Å². The molecule has 8 nitrogen and oxygen atoms in total. The lowest BCUT2D eigenvalue weighted by Gasteiger charge is -2.10. The van der Waals surface area contributed by atoms with Crippen LogP contribution in [0.25, 0.3) is 44.3 Å². The van der Waals surface area contributed by atoms with Crippen LogP contribution < -0.4 is 20.7 Å². The number of halogens is 1. The minimum absolute atomic E-state index is 0.0563. The number of ether oxygens (including phenoxy) is 1. The van der Waals surface area contributed by atoms with Crippen molar-refractivity contribution in [3.63, 3.8) is 0 Å². The number of nitrogens with one attached hydrogen (secondary N) is 5. The average Bonchev–Trinajstić information content (AvgIpc) is 3.60. The van der Waals surface area contributed by atoms with Gasteiger partial charge in [0.2, 0.25) is 0 Å². The van der Waals surface area contributed by atoms with Gasteiger partial charge in [-0.2, -0.15) is 0 Å². The Morgan fingerprint density at radius 2 is 1.33 bits per heavy atom.